The second kappa shape index (κ2) is 9.05. The van der Waals surface area contributed by atoms with E-state index in [1.54, 1.807) is 16.8 Å². The number of nitrogens with one attached hydrogen (secondary N) is 3. The zero-order chi connectivity index (χ0) is 22.7. The van der Waals surface area contributed by atoms with Crippen LogP contribution in [0.3, 0.4) is 0 Å². The summed E-state index contributed by atoms with van der Waals surface area (Å²) in [5, 5.41) is 5.24. The number of hydrazine groups is 1. The molecule has 0 saturated carbocycles. The van der Waals surface area contributed by atoms with E-state index in [0.29, 0.717) is 6.42 Å². The van der Waals surface area contributed by atoms with Crippen LogP contribution >= 0.6 is 0 Å². The summed E-state index contributed by atoms with van der Waals surface area (Å²) in [6.45, 7) is 3.75. The predicted octanol–water partition coefficient (Wildman–Crippen LogP) is 3.57. The molecule has 0 fully saturated rings. The molecule has 4 rings (SSSR count). The van der Waals surface area contributed by atoms with E-state index < -0.39 is 0 Å². The quantitative estimate of drug-likeness (QED) is 0.406. The van der Waals surface area contributed by atoms with Crippen LogP contribution in [-0.4, -0.2) is 26.6 Å². The number of hydrogen-bond acceptors (Lipinski definition) is 3. The number of nitrogens with zero attached hydrogens (tertiary/aromatic N) is 2. The first kappa shape index (κ1) is 21.3. The van der Waals surface area contributed by atoms with Crippen LogP contribution < -0.4 is 10.9 Å². The minimum atomic E-state index is -0.358. The molecule has 0 unspecified atom stereocenters. The fraction of sp³-hybridized carbons (Fsp3) is 0.208. The molecule has 0 aliphatic heterocycles. The third-order valence-electron chi connectivity index (χ3n) is 5.29. The summed E-state index contributed by atoms with van der Waals surface area (Å²) in [5.41, 5.74) is 10.2. The largest absolute Gasteiger partial charge is 0.354 e. The Morgan fingerprint density at radius 2 is 1.75 bits per heavy atom. The van der Waals surface area contributed by atoms with E-state index >= 15 is 0 Å². The number of fused-ring (bicyclic) bond motifs is 1. The van der Waals surface area contributed by atoms with E-state index in [1.807, 2.05) is 44.2 Å². The maximum Gasteiger partial charge on any atom is 0.260 e. The molecule has 8 heteroatoms. The number of amides is 2. The van der Waals surface area contributed by atoms with Crippen molar-refractivity contribution in [3.63, 3.8) is 0 Å². The molecule has 0 spiro atoms. The minimum absolute atomic E-state index is 0.0249. The predicted molar refractivity (Wildman–Crippen MR) is 120 cm³/mol. The van der Waals surface area contributed by atoms with Crippen molar-refractivity contribution in [2.24, 2.45) is 0 Å². The molecule has 0 bridgehead atoms. The molecule has 0 aliphatic rings. The van der Waals surface area contributed by atoms with E-state index in [2.05, 4.69) is 20.9 Å². The summed E-state index contributed by atoms with van der Waals surface area (Å²) in [7, 11) is 0. The van der Waals surface area contributed by atoms with Gasteiger partial charge in [0.2, 0.25) is 5.91 Å². The molecular formula is C24H24FN5O2. The Kier molecular flexibility index (Phi) is 6.02. The lowest BCUT2D eigenvalue weighted by atomic mass is 10.0. The fourth-order valence-corrected chi connectivity index (χ4v) is 3.77. The van der Waals surface area contributed by atoms with Crippen molar-refractivity contribution in [2.45, 2.75) is 33.2 Å². The molecule has 0 radical (unpaired) electrons. The van der Waals surface area contributed by atoms with Crippen LogP contribution in [-0.2, 0) is 22.6 Å². The molecule has 4 aromatic rings. The van der Waals surface area contributed by atoms with Crippen molar-refractivity contribution in [3.05, 3.63) is 77.4 Å². The first-order valence-corrected chi connectivity index (χ1v) is 10.3. The first-order chi connectivity index (χ1) is 15.4. The average Bonchev–Trinajstić information content (AvgIpc) is 3.30. The van der Waals surface area contributed by atoms with Crippen molar-refractivity contribution in [1.82, 2.24) is 25.6 Å². The van der Waals surface area contributed by atoms with Gasteiger partial charge in [-0.25, -0.2) is 4.39 Å². The third kappa shape index (κ3) is 4.69. The van der Waals surface area contributed by atoms with Gasteiger partial charge in [-0.3, -0.25) is 25.1 Å². The lowest BCUT2D eigenvalue weighted by molar-refractivity contribution is -0.129. The topological polar surface area (TPSA) is 91.8 Å². The number of H-pyrrole nitrogens is 1. The zero-order valence-corrected chi connectivity index (χ0v) is 17.9. The molecule has 3 N–H and O–H groups in total. The molecular weight excluding hydrogens is 409 g/mol. The number of carbonyl (C=O) groups is 2. The summed E-state index contributed by atoms with van der Waals surface area (Å²) in [6.07, 6.45) is 0.631. The normalized spacial score (nSPS) is 11.0. The molecule has 0 saturated heterocycles. The number of para-hydroxylation sites is 1. The van der Waals surface area contributed by atoms with E-state index in [-0.39, 0.29) is 30.6 Å². The highest BCUT2D eigenvalue weighted by atomic mass is 19.1. The number of hydrogen-bond donors (Lipinski definition) is 3. The Morgan fingerprint density at radius 1 is 1.03 bits per heavy atom. The Balaban J connectivity index is 1.41. The molecule has 0 aliphatic carbocycles. The number of halogens is 1. The molecule has 164 valence electrons. The lowest BCUT2D eigenvalue weighted by Crippen LogP contribution is -2.43. The number of aromatic amines is 1. The molecule has 7 nitrogen and oxygen atoms in total. The second-order valence-corrected chi connectivity index (χ2v) is 7.71. The first-order valence-electron chi connectivity index (χ1n) is 10.3. The Hall–Kier alpha value is -3.94. The lowest BCUT2D eigenvalue weighted by Gasteiger charge is -2.09. The van der Waals surface area contributed by atoms with E-state index in [4.69, 9.17) is 0 Å². The van der Waals surface area contributed by atoms with E-state index in [1.165, 1.54) is 12.1 Å². The third-order valence-corrected chi connectivity index (χ3v) is 5.29. The van der Waals surface area contributed by atoms with Gasteiger partial charge in [0.25, 0.3) is 5.91 Å². The highest BCUT2D eigenvalue weighted by Crippen LogP contribution is 2.31. The summed E-state index contributed by atoms with van der Waals surface area (Å²) in [6, 6.07) is 16.0. The monoisotopic (exact) mass is 433 g/mol. The Bertz CT molecular complexity index is 1270. The van der Waals surface area contributed by atoms with E-state index in [9.17, 15) is 14.0 Å². The molecule has 2 aromatic carbocycles. The highest BCUT2D eigenvalue weighted by Gasteiger charge is 2.15. The number of benzene rings is 2. The number of aromatic nitrogens is 3. The van der Waals surface area contributed by atoms with Crippen LogP contribution in [0.4, 0.5) is 4.39 Å². The molecule has 2 aromatic heterocycles. The maximum absolute atomic E-state index is 13.4. The standard InChI is InChI=1S/C24H24FN5O2/c1-15-13-16(2)30(29-15)14-23(32)28-27-22(31)12-11-20-19-5-3-4-6-21(19)26-24(20)17-7-9-18(25)10-8-17/h3-10,13,26H,11-12,14H2,1-2H3,(H,27,31)(H,28,32). The molecule has 2 amide bonds. The summed E-state index contributed by atoms with van der Waals surface area (Å²) < 4.78 is 15.0. The minimum Gasteiger partial charge on any atom is -0.354 e. The van der Waals surface area contributed by atoms with Crippen molar-refractivity contribution in [3.8, 4) is 11.3 Å². The van der Waals surface area contributed by atoms with Gasteiger partial charge in [0.05, 0.1) is 5.69 Å². The maximum atomic E-state index is 13.4. The summed E-state index contributed by atoms with van der Waals surface area (Å²) in [5.74, 6) is -0.965. The van der Waals surface area contributed by atoms with Gasteiger partial charge in [-0.15, -0.1) is 0 Å². The SMILES string of the molecule is Cc1cc(C)n(CC(=O)NNC(=O)CCc2c(-c3ccc(F)cc3)[nH]c3ccccc23)n1. The van der Waals surface area contributed by atoms with Crippen molar-refractivity contribution in [2.75, 3.05) is 0 Å². The van der Waals surface area contributed by atoms with Crippen LogP contribution in [0.1, 0.15) is 23.4 Å². The van der Waals surface area contributed by atoms with Gasteiger partial charge in [-0.05, 0) is 67.8 Å². The van der Waals surface area contributed by atoms with Crippen LogP contribution in [0.25, 0.3) is 22.2 Å². The Labute approximate surface area is 184 Å². The highest BCUT2D eigenvalue weighted by molar-refractivity contribution is 5.91. The van der Waals surface area contributed by atoms with Gasteiger partial charge >= 0.3 is 0 Å². The molecule has 0 atom stereocenters. The molecule has 2 heterocycles. The fourth-order valence-electron chi connectivity index (χ4n) is 3.77. The van der Waals surface area contributed by atoms with Crippen LogP contribution in [0, 0.1) is 19.7 Å². The Morgan fingerprint density at radius 3 is 2.47 bits per heavy atom. The average molecular weight is 433 g/mol. The van der Waals surface area contributed by atoms with Crippen LogP contribution in [0.15, 0.2) is 54.6 Å². The van der Waals surface area contributed by atoms with Crippen LogP contribution in [0.2, 0.25) is 0 Å². The van der Waals surface area contributed by atoms with E-state index in [0.717, 1.165) is 39.1 Å². The van der Waals surface area contributed by atoms with Crippen LogP contribution in [0.5, 0.6) is 0 Å². The summed E-state index contributed by atoms with van der Waals surface area (Å²) >= 11 is 0. The number of carbonyl (C=O) groups excluding carboxylic acids is 2. The number of rotatable bonds is 6. The van der Waals surface area contributed by atoms with Gasteiger partial charge in [-0.1, -0.05) is 18.2 Å². The van der Waals surface area contributed by atoms with Crippen molar-refractivity contribution >= 4 is 22.7 Å². The van der Waals surface area contributed by atoms with Gasteiger partial charge in [0, 0.05) is 28.7 Å². The van der Waals surface area contributed by atoms with Gasteiger partial charge in [0.1, 0.15) is 12.4 Å². The number of aryl methyl sites for hydroxylation is 3. The smallest absolute Gasteiger partial charge is 0.260 e. The second-order valence-electron chi connectivity index (χ2n) is 7.71. The van der Waals surface area contributed by atoms with Gasteiger partial charge < -0.3 is 4.98 Å². The van der Waals surface area contributed by atoms with Gasteiger partial charge in [0.15, 0.2) is 0 Å². The zero-order valence-electron chi connectivity index (χ0n) is 17.9. The van der Waals surface area contributed by atoms with Gasteiger partial charge in [-0.2, -0.15) is 5.10 Å². The molecule has 32 heavy (non-hydrogen) atoms. The van der Waals surface area contributed by atoms with Crippen molar-refractivity contribution in [1.29, 1.82) is 0 Å². The summed E-state index contributed by atoms with van der Waals surface area (Å²) in [4.78, 5) is 27.9. The van der Waals surface area contributed by atoms with Crippen molar-refractivity contribution < 1.29 is 14.0 Å².